The highest BCUT2D eigenvalue weighted by molar-refractivity contribution is 7.99. The molecule has 2 atom stereocenters. The minimum atomic E-state index is -0.871. The lowest BCUT2D eigenvalue weighted by atomic mass is 10.1. The molecule has 0 aromatic carbocycles. The van der Waals surface area contributed by atoms with Gasteiger partial charge in [0.25, 0.3) is 0 Å². The molecule has 0 aliphatic carbocycles. The number of nitrogens with one attached hydrogen (secondary N) is 3. The number of imide groups is 1. The summed E-state index contributed by atoms with van der Waals surface area (Å²) in [5.41, 5.74) is 0.396. The number of piperazine rings is 1. The molecule has 0 unspecified atom stereocenters. The summed E-state index contributed by atoms with van der Waals surface area (Å²) in [4.78, 5) is 63.3. The van der Waals surface area contributed by atoms with E-state index in [1.54, 1.807) is 18.4 Å². The molecule has 2 aliphatic rings. The number of thioether (sulfide) groups is 1. The van der Waals surface area contributed by atoms with Crippen molar-refractivity contribution < 1.29 is 24.0 Å². The van der Waals surface area contributed by atoms with Crippen molar-refractivity contribution in [1.82, 2.24) is 20.4 Å². The molecule has 29 heavy (non-hydrogen) atoms. The molecule has 3 N–H and O–H groups in total. The van der Waals surface area contributed by atoms with Gasteiger partial charge in [-0.2, -0.15) is 0 Å². The van der Waals surface area contributed by atoms with Crippen LogP contribution < -0.4 is 16.0 Å². The summed E-state index contributed by atoms with van der Waals surface area (Å²) in [7, 11) is 0. The second-order valence-corrected chi connectivity index (χ2v) is 8.40. The van der Waals surface area contributed by atoms with Crippen molar-refractivity contribution >= 4 is 58.4 Å². The van der Waals surface area contributed by atoms with Crippen molar-refractivity contribution in [3.63, 3.8) is 0 Å². The topological polar surface area (TPSA) is 128 Å². The number of nitrogens with zero attached hydrogens (tertiary/aromatic N) is 2. The Kier molecular flexibility index (Phi) is 6.42. The van der Waals surface area contributed by atoms with Crippen molar-refractivity contribution in [1.29, 1.82) is 0 Å². The summed E-state index contributed by atoms with van der Waals surface area (Å²) in [5.74, 6) is -2.15. The van der Waals surface area contributed by atoms with Crippen LogP contribution in [0.4, 0.5) is 10.5 Å². The van der Waals surface area contributed by atoms with Crippen LogP contribution in [0.3, 0.4) is 0 Å². The van der Waals surface area contributed by atoms with Crippen molar-refractivity contribution in [2.24, 2.45) is 0 Å². The van der Waals surface area contributed by atoms with Gasteiger partial charge in [0, 0.05) is 24.5 Å². The van der Waals surface area contributed by atoms with Gasteiger partial charge in [0.15, 0.2) is 0 Å². The molecule has 3 rings (SSSR count). The molecule has 12 heteroatoms. The van der Waals surface area contributed by atoms with Gasteiger partial charge >= 0.3 is 17.8 Å². The van der Waals surface area contributed by atoms with Crippen molar-refractivity contribution in [2.75, 3.05) is 31.2 Å². The van der Waals surface area contributed by atoms with Crippen LogP contribution in [-0.4, -0.2) is 76.8 Å². The summed E-state index contributed by atoms with van der Waals surface area (Å²) in [6, 6.07) is 0.342. The fraction of sp³-hybridized carbons (Fsp3) is 0.471. The number of rotatable bonds is 6. The first-order chi connectivity index (χ1) is 13.8. The highest BCUT2D eigenvalue weighted by atomic mass is 32.2. The lowest BCUT2D eigenvalue weighted by molar-refractivity contribution is -0.153. The molecule has 6 amide bonds. The van der Waals surface area contributed by atoms with Crippen molar-refractivity contribution in [3.05, 3.63) is 16.3 Å². The lowest BCUT2D eigenvalue weighted by Crippen LogP contribution is -2.67. The summed E-state index contributed by atoms with van der Waals surface area (Å²) in [6.45, 7) is 2.56. The van der Waals surface area contributed by atoms with E-state index >= 15 is 0 Å². The fourth-order valence-corrected chi connectivity index (χ4v) is 4.53. The quantitative estimate of drug-likeness (QED) is 0.417. The first-order valence-corrected chi connectivity index (χ1v) is 11.1. The first-order valence-electron chi connectivity index (χ1n) is 8.96. The number of β-lactam (4-membered cyclic amide) rings is 1. The Morgan fingerprint density at radius 3 is 2.69 bits per heavy atom. The highest BCUT2D eigenvalue weighted by Crippen LogP contribution is 2.24. The molecule has 1 aromatic heterocycles. The van der Waals surface area contributed by atoms with Gasteiger partial charge in [-0.1, -0.05) is 0 Å². The largest absolute Gasteiger partial charge is 0.341 e. The molecule has 0 bridgehead atoms. The summed E-state index contributed by atoms with van der Waals surface area (Å²) in [5, 5.41) is 9.52. The summed E-state index contributed by atoms with van der Waals surface area (Å²) in [6.07, 6.45) is 1.82. The van der Waals surface area contributed by atoms with E-state index < -0.39 is 23.9 Å². The number of hydrogen-bond donors (Lipinski definition) is 3. The van der Waals surface area contributed by atoms with E-state index in [2.05, 4.69) is 16.0 Å². The number of carbonyl (C=O) groups is 5. The number of urea groups is 1. The molecule has 10 nitrogen and oxygen atoms in total. The Hall–Kier alpha value is -2.60. The molecule has 1 aromatic rings. The predicted octanol–water partition coefficient (Wildman–Crippen LogP) is -0.183. The second-order valence-electron chi connectivity index (χ2n) is 6.42. The highest BCUT2D eigenvalue weighted by Gasteiger charge is 2.40. The number of likely N-dealkylation sites (N-methyl/N-ethyl adjacent to an activating group) is 1. The molecule has 156 valence electrons. The SMILES string of the molecule is CCN1CCN(C(=O)Nc2ccsc2CC(=O)N[C@@H]2C(=O)N[C@@H]2SC)C(=O)C1=O. The Morgan fingerprint density at radius 2 is 2.03 bits per heavy atom. The molecular weight excluding hydrogens is 418 g/mol. The van der Waals surface area contributed by atoms with Crippen molar-refractivity contribution in [2.45, 2.75) is 24.8 Å². The number of hydrogen-bond acceptors (Lipinski definition) is 7. The molecule has 0 radical (unpaired) electrons. The van der Waals surface area contributed by atoms with Gasteiger partial charge in [-0.3, -0.25) is 24.1 Å². The van der Waals surface area contributed by atoms with Crippen LogP contribution >= 0.6 is 23.1 Å². The Morgan fingerprint density at radius 1 is 1.28 bits per heavy atom. The Balaban J connectivity index is 1.59. The zero-order chi connectivity index (χ0) is 21.1. The third-order valence-corrected chi connectivity index (χ3v) is 6.50. The molecule has 2 fully saturated rings. The van der Waals surface area contributed by atoms with Crippen LogP contribution in [0.1, 0.15) is 11.8 Å². The smallest absolute Gasteiger partial charge is 0.329 e. The maximum Gasteiger partial charge on any atom is 0.329 e. The van der Waals surface area contributed by atoms with E-state index in [9.17, 15) is 24.0 Å². The summed E-state index contributed by atoms with van der Waals surface area (Å²) < 4.78 is 0. The molecule has 0 spiro atoms. The Bertz CT molecular complexity index is 857. The fourth-order valence-electron chi connectivity index (χ4n) is 3.00. The Labute approximate surface area is 175 Å². The number of anilines is 1. The first kappa shape index (κ1) is 21.1. The standard InChI is InChI=1S/C17H21N5O5S2/c1-3-21-5-6-22(16(26)15(21)25)17(27)18-9-4-7-29-10(9)8-11(23)19-12-13(24)20-14(12)28-2/h4,7,12,14H,3,5-6,8H2,1-2H3,(H,18,27)(H,19,23)(H,20,24)/t12-,14-/m1/s1. The van der Waals surface area contributed by atoms with Crippen molar-refractivity contribution in [3.8, 4) is 0 Å². The minimum Gasteiger partial charge on any atom is -0.341 e. The third kappa shape index (κ3) is 4.37. The zero-order valence-corrected chi connectivity index (χ0v) is 17.5. The number of thiophene rings is 1. The van der Waals surface area contributed by atoms with Crippen LogP contribution in [0.25, 0.3) is 0 Å². The molecule has 3 heterocycles. The van der Waals surface area contributed by atoms with E-state index in [0.717, 1.165) is 4.90 Å². The van der Waals surface area contributed by atoms with Crippen LogP contribution in [0.2, 0.25) is 0 Å². The number of carbonyl (C=O) groups excluding carboxylic acids is 5. The zero-order valence-electron chi connectivity index (χ0n) is 15.9. The van der Waals surface area contributed by atoms with Crippen LogP contribution in [0, 0.1) is 0 Å². The van der Waals surface area contributed by atoms with Crippen LogP contribution in [0.15, 0.2) is 11.4 Å². The van der Waals surface area contributed by atoms with E-state index in [1.807, 2.05) is 6.26 Å². The van der Waals surface area contributed by atoms with E-state index in [0.29, 0.717) is 17.1 Å². The van der Waals surface area contributed by atoms with Gasteiger partial charge in [0.05, 0.1) is 12.1 Å². The average molecular weight is 440 g/mol. The maximum atomic E-state index is 12.5. The molecule has 2 aliphatic heterocycles. The maximum absolute atomic E-state index is 12.5. The summed E-state index contributed by atoms with van der Waals surface area (Å²) >= 11 is 2.71. The van der Waals surface area contributed by atoms with Gasteiger partial charge in [0.2, 0.25) is 11.8 Å². The molecular formula is C17H21N5O5S2. The monoisotopic (exact) mass is 439 g/mol. The third-order valence-electron chi connectivity index (χ3n) is 4.68. The van der Waals surface area contributed by atoms with Crippen LogP contribution in [0.5, 0.6) is 0 Å². The predicted molar refractivity (Wildman–Crippen MR) is 108 cm³/mol. The van der Waals surface area contributed by atoms with E-state index in [4.69, 9.17) is 0 Å². The van der Waals surface area contributed by atoms with Gasteiger partial charge in [-0.15, -0.1) is 23.1 Å². The van der Waals surface area contributed by atoms with Gasteiger partial charge in [-0.05, 0) is 24.6 Å². The van der Waals surface area contributed by atoms with Gasteiger partial charge < -0.3 is 20.9 Å². The van der Waals surface area contributed by atoms with Gasteiger partial charge in [-0.25, -0.2) is 4.79 Å². The average Bonchev–Trinajstić information content (AvgIpc) is 3.12. The molecule has 0 saturated carbocycles. The van der Waals surface area contributed by atoms with E-state index in [-0.39, 0.29) is 36.7 Å². The van der Waals surface area contributed by atoms with Crippen LogP contribution in [-0.2, 0) is 25.6 Å². The van der Waals surface area contributed by atoms with Gasteiger partial charge in [0.1, 0.15) is 11.4 Å². The minimum absolute atomic E-state index is 0.0192. The molecule has 2 saturated heterocycles. The second kappa shape index (κ2) is 8.82. The normalized spacial score (nSPS) is 21.5. The van der Waals surface area contributed by atoms with E-state index in [1.165, 1.54) is 28.0 Å². The number of amides is 6. The lowest BCUT2D eigenvalue weighted by Gasteiger charge is -2.35.